The summed E-state index contributed by atoms with van der Waals surface area (Å²) >= 11 is 0. The van der Waals surface area contributed by atoms with Gasteiger partial charge in [-0.3, -0.25) is 4.79 Å². The summed E-state index contributed by atoms with van der Waals surface area (Å²) in [6.07, 6.45) is 0. The first-order chi connectivity index (χ1) is 15.7. The van der Waals surface area contributed by atoms with Crippen molar-refractivity contribution < 1.29 is 17.9 Å². The van der Waals surface area contributed by atoms with Gasteiger partial charge in [-0.2, -0.15) is 0 Å². The molecule has 0 unspecified atom stereocenters. The summed E-state index contributed by atoms with van der Waals surface area (Å²) in [7, 11) is -3.65. The van der Waals surface area contributed by atoms with Gasteiger partial charge < -0.3 is 10.1 Å². The van der Waals surface area contributed by atoms with Crippen LogP contribution in [0.15, 0.2) is 71.6 Å². The summed E-state index contributed by atoms with van der Waals surface area (Å²) in [6, 6.07) is 19.4. The van der Waals surface area contributed by atoms with Crippen molar-refractivity contribution in [3.8, 4) is 5.75 Å². The number of hydrogen-bond donors (Lipinski definition) is 2. The monoisotopic (exact) mass is 466 g/mol. The molecule has 0 fully saturated rings. The highest BCUT2D eigenvalue weighted by molar-refractivity contribution is 7.89. The molecule has 1 atom stereocenters. The molecule has 3 aromatic rings. The second-order valence-electron chi connectivity index (χ2n) is 8.15. The Balaban J connectivity index is 1.53. The third-order valence-corrected chi connectivity index (χ3v) is 6.96. The van der Waals surface area contributed by atoms with Crippen molar-refractivity contribution in [2.24, 2.45) is 0 Å². The zero-order chi connectivity index (χ0) is 24.0. The molecule has 0 aromatic heterocycles. The fourth-order valence-corrected chi connectivity index (χ4v) is 4.55. The highest BCUT2D eigenvalue weighted by Crippen LogP contribution is 2.22. The predicted octanol–water partition coefficient (Wildman–Crippen LogP) is 4.35. The molecule has 0 saturated carbocycles. The van der Waals surface area contributed by atoms with Gasteiger partial charge in [0.25, 0.3) is 5.91 Å². The van der Waals surface area contributed by atoms with E-state index in [1.807, 2.05) is 44.2 Å². The van der Waals surface area contributed by atoms with Crippen LogP contribution in [0.5, 0.6) is 5.75 Å². The number of rotatable bonds is 9. The lowest BCUT2D eigenvalue weighted by molar-refractivity contribution is -0.123. The first-order valence-electron chi connectivity index (χ1n) is 10.8. The molecule has 0 aliphatic heterocycles. The van der Waals surface area contributed by atoms with Crippen LogP contribution in [0, 0.1) is 20.8 Å². The van der Waals surface area contributed by atoms with Crippen LogP contribution in [-0.2, 0) is 21.4 Å². The van der Waals surface area contributed by atoms with Crippen LogP contribution in [0.3, 0.4) is 0 Å². The second-order valence-corrected chi connectivity index (χ2v) is 9.92. The minimum Gasteiger partial charge on any atom is -0.484 e. The minimum absolute atomic E-state index is 0.133. The third kappa shape index (κ3) is 6.66. The van der Waals surface area contributed by atoms with Crippen LogP contribution in [-0.4, -0.2) is 20.9 Å². The van der Waals surface area contributed by atoms with Crippen LogP contribution >= 0.6 is 0 Å². The second kappa shape index (κ2) is 10.6. The predicted molar refractivity (Wildman–Crippen MR) is 130 cm³/mol. The molecule has 2 N–H and O–H groups in total. The number of amides is 1. The minimum atomic E-state index is -3.65. The molecule has 6 nitrogen and oxygen atoms in total. The maximum atomic E-state index is 12.5. The number of ether oxygens (including phenoxy) is 1. The normalized spacial score (nSPS) is 12.2. The lowest BCUT2D eigenvalue weighted by atomic mass is 9.96. The molecule has 174 valence electrons. The third-order valence-electron chi connectivity index (χ3n) is 5.54. The van der Waals surface area contributed by atoms with Gasteiger partial charge in [0.05, 0.1) is 10.9 Å². The molecular formula is C26H30N2O4S. The molecule has 0 spiro atoms. The summed E-state index contributed by atoms with van der Waals surface area (Å²) < 4.78 is 33.1. The van der Waals surface area contributed by atoms with E-state index in [9.17, 15) is 13.2 Å². The molecule has 33 heavy (non-hydrogen) atoms. The van der Waals surface area contributed by atoms with Crippen molar-refractivity contribution in [3.63, 3.8) is 0 Å². The molecule has 0 aliphatic carbocycles. The Hall–Kier alpha value is -3.16. The Morgan fingerprint density at radius 1 is 0.909 bits per heavy atom. The highest BCUT2D eigenvalue weighted by atomic mass is 32.2. The lowest BCUT2D eigenvalue weighted by Gasteiger charge is -2.18. The van der Waals surface area contributed by atoms with Crippen LogP contribution in [0.25, 0.3) is 0 Å². The molecule has 0 radical (unpaired) electrons. The highest BCUT2D eigenvalue weighted by Gasteiger charge is 2.15. The van der Waals surface area contributed by atoms with Gasteiger partial charge in [-0.25, -0.2) is 13.1 Å². The van der Waals surface area contributed by atoms with Crippen molar-refractivity contribution in [2.45, 2.75) is 45.2 Å². The maximum absolute atomic E-state index is 12.5. The fraction of sp³-hybridized carbons (Fsp3) is 0.269. The number of benzene rings is 3. The maximum Gasteiger partial charge on any atom is 0.258 e. The molecular weight excluding hydrogens is 436 g/mol. The Kier molecular flexibility index (Phi) is 7.89. The smallest absolute Gasteiger partial charge is 0.258 e. The van der Waals surface area contributed by atoms with E-state index in [4.69, 9.17) is 4.74 Å². The van der Waals surface area contributed by atoms with E-state index in [2.05, 4.69) is 36.0 Å². The van der Waals surface area contributed by atoms with Gasteiger partial charge in [0.2, 0.25) is 10.0 Å². The Bertz CT molecular complexity index is 1210. The summed E-state index contributed by atoms with van der Waals surface area (Å²) in [4.78, 5) is 12.5. The van der Waals surface area contributed by atoms with Crippen molar-refractivity contribution in [2.75, 3.05) is 6.61 Å². The van der Waals surface area contributed by atoms with Gasteiger partial charge in [-0.15, -0.1) is 0 Å². The molecule has 1 amide bonds. The summed E-state index contributed by atoms with van der Waals surface area (Å²) in [6.45, 7) is 8.14. The van der Waals surface area contributed by atoms with Gasteiger partial charge in [0, 0.05) is 6.54 Å². The lowest BCUT2D eigenvalue weighted by Crippen LogP contribution is -2.31. The number of carbonyl (C=O) groups is 1. The van der Waals surface area contributed by atoms with Crippen LogP contribution in [0.1, 0.15) is 40.8 Å². The molecule has 0 saturated heterocycles. The van der Waals surface area contributed by atoms with Gasteiger partial charge in [-0.05, 0) is 79.8 Å². The Labute approximate surface area is 196 Å². The molecule has 0 aliphatic rings. The summed E-state index contributed by atoms with van der Waals surface area (Å²) in [5.74, 6) is 0.170. The number of carbonyl (C=O) groups excluding carboxylic acids is 1. The molecule has 3 aromatic carbocycles. The van der Waals surface area contributed by atoms with Crippen LogP contribution < -0.4 is 14.8 Å². The average Bonchev–Trinajstić information content (AvgIpc) is 2.79. The quantitative estimate of drug-likeness (QED) is 0.491. The number of sulfonamides is 1. The van der Waals surface area contributed by atoms with E-state index in [1.54, 1.807) is 12.1 Å². The van der Waals surface area contributed by atoms with Gasteiger partial charge >= 0.3 is 0 Å². The van der Waals surface area contributed by atoms with Crippen molar-refractivity contribution in [1.29, 1.82) is 0 Å². The first kappa shape index (κ1) is 24.5. The van der Waals surface area contributed by atoms with Crippen molar-refractivity contribution in [3.05, 3.63) is 94.5 Å². The van der Waals surface area contributed by atoms with E-state index >= 15 is 0 Å². The largest absolute Gasteiger partial charge is 0.484 e. The van der Waals surface area contributed by atoms with E-state index in [-0.39, 0.29) is 30.0 Å². The first-order valence-corrected chi connectivity index (χ1v) is 12.3. The number of hydrogen-bond acceptors (Lipinski definition) is 4. The van der Waals surface area contributed by atoms with E-state index in [0.717, 1.165) is 16.7 Å². The van der Waals surface area contributed by atoms with E-state index < -0.39 is 10.0 Å². The standard InChI is InChI=1S/C26H30N2O4S/c1-18-14-20(3)25(15-19(18)2)21(4)28-26(29)17-32-23-10-12-24(13-11-23)33(30,31)27-16-22-8-6-5-7-9-22/h5-15,21,27H,16-17H2,1-4H3,(H,28,29)/t21-/m1/s1. The van der Waals surface area contributed by atoms with Crippen LogP contribution in [0.2, 0.25) is 0 Å². The SMILES string of the molecule is Cc1cc(C)c([C@@H](C)NC(=O)COc2ccc(S(=O)(=O)NCc3ccccc3)cc2)cc1C. The van der Waals surface area contributed by atoms with Crippen LogP contribution in [0.4, 0.5) is 0 Å². The van der Waals surface area contributed by atoms with Crippen molar-refractivity contribution in [1.82, 2.24) is 10.0 Å². The topological polar surface area (TPSA) is 84.5 Å². The zero-order valence-corrected chi connectivity index (χ0v) is 20.2. The Morgan fingerprint density at radius 3 is 2.21 bits per heavy atom. The molecule has 3 rings (SSSR count). The van der Waals surface area contributed by atoms with Crippen molar-refractivity contribution >= 4 is 15.9 Å². The average molecular weight is 467 g/mol. The summed E-state index contributed by atoms with van der Waals surface area (Å²) in [5.41, 5.74) is 5.48. The molecule has 0 bridgehead atoms. The number of aryl methyl sites for hydroxylation is 3. The zero-order valence-electron chi connectivity index (χ0n) is 19.4. The Morgan fingerprint density at radius 2 is 1.55 bits per heavy atom. The van der Waals surface area contributed by atoms with Gasteiger partial charge in [0.1, 0.15) is 5.75 Å². The van der Waals surface area contributed by atoms with Gasteiger partial charge in [0.15, 0.2) is 6.61 Å². The van der Waals surface area contributed by atoms with E-state index in [0.29, 0.717) is 5.75 Å². The van der Waals surface area contributed by atoms with E-state index in [1.165, 1.54) is 23.3 Å². The number of nitrogens with one attached hydrogen (secondary N) is 2. The molecule has 0 heterocycles. The summed E-state index contributed by atoms with van der Waals surface area (Å²) in [5, 5.41) is 2.95. The fourth-order valence-electron chi connectivity index (χ4n) is 3.53. The molecule has 7 heteroatoms. The van der Waals surface area contributed by atoms with Gasteiger partial charge in [-0.1, -0.05) is 42.5 Å².